The van der Waals surface area contributed by atoms with E-state index in [0.717, 1.165) is 36.3 Å². The molecule has 0 amide bonds. The third-order valence-electron chi connectivity index (χ3n) is 5.88. The summed E-state index contributed by atoms with van der Waals surface area (Å²) in [5, 5.41) is 0.509. The highest BCUT2D eigenvalue weighted by atomic mass is 35.5. The van der Waals surface area contributed by atoms with Crippen LogP contribution in [0.2, 0.25) is 5.02 Å². The molecule has 0 spiro atoms. The molecule has 1 aliphatic carbocycles. The van der Waals surface area contributed by atoms with Gasteiger partial charge in [-0.3, -0.25) is 0 Å². The minimum atomic E-state index is 0.369. The Labute approximate surface area is 177 Å². The molecule has 0 unspecified atom stereocenters. The van der Waals surface area contributed by atoms with Crippen molar-refractivity contribution >= 4 is 23.0 Å². The molecule has 2 aromatic carbocycles. The number of anilines is 1. The number of halogens is 1. The second-order valence-corrected chi connectivity index (χ2v) is 8.45. The molecule has 0 saturated carbocycles. The van der Waals surface area contributed by atoms with Gasteiger partial charge in [0.2, 0.25) is 5.69 Å². The highest BCUT2D eigenvalue weighted by Gasteiger charge is 2.26. The molecule has 1 atom stereocenters. The van der Waals surface area contributed by atoms with Crippen LogP contribution in [0, 0.1) is 6.57 Å². The number of benzene rings is 2. The standard InChI is InChI=1S/C24H25ClN4/c1-15(2)16-5-7-17(8-6-16)24-27-22-12-10-19(14-23(22)28-24)29(4)18-9-11-21(26-3)20(25)13-18/h5-9,11,13,15,19H,10,12,14H2,1-2,4H3,(H,27,28)/t19-/m1/s1. The predicted octanol–water partition coefficient (Wildman–Crippen LogP) is 6.40. The number of likely N-dealkylation sites (N-methyl/N-ethyl adjacent to an activating group) is 1. The number of nitrogens with zero attached hydrogens (tertiary/aromatic N) is 3. The number of nitrogens with one attached hydrogen (secondary N) is 1. The Morgan fingerprint density at radius 2 is 1.97 bits per heavy atom. The number of aromatic nitrogens is 2. The molecular formula is C24H25ClN4. The molecule has 29 heavy (non-hydrogen) atoms. The Morgan fingerprint density at radius 1 is 1.21 bits per heavy atom. The van der Waals surface area contributed by atoms with Crippen LogP contribution >= 0.6 is 11.6 Å². The molecule has 0 bridgehead atoms. The molecule has 0 radical (unpaired) electrons. The zero-order valence-corrected chi connectivity index (χ0v) is 17.8. The molecule has 0 aliphatic heterocycles. The molecule has 0 fully saturated rings. The van der Waals surface area contributed by atoms with Gasteiger partial charge in [0.15, 0.2) is 0 Å². The highest BCUT2D eigenvalue weighted by molar-refractivity contribution is 6.33. The molecule has 3 aromatic rings. The van der Waals surface area contributed by atoms with Crippen molar-refractivity contribution in [2.24, 2.45) is 0 Å². The van der Waals surface area contributed by atoms with E-state index in [4.69, 9.17) is 23.2 Å². The minimum Gasteiger partial charge on any atom is -0.371 e. The average molecular weight is 405 g/mol. The first-order chi connectivity index (χ1) is 14.0. The van der Waals surface area contributed by atoms with Crippen LogP contribution in [0.3, 0.4) is 0 Å². The van der Waals surface area contributed by atoms with Crippen molar-refractivity contribution < 1.29 is 0 Å². The number of aromatic amines is 1. The lowest BCUT2D eigenvalue weighted by Gasteiger charge is -2.32. The van der Waals surface area contributed by atoms with Crippen LogP contribution in [-0.4, -0.2) is 23.1 Å². The molecule has 4 rings (SSSR count). The topological polar surface area (TPSA) is 36.3 Å². The lowest BCUT2D eigenvalue weighted by Crippen LogP contribution is -2.36. The Morgan fingerprint density at radius 3 is 2.62 bits per heavy atom. The van der Waals surface area contributed by atoms with Crippen molar-refractivity contribution in [2.75, 3.05) is 11.9 Å². The summed E-state index contributed by atoms with van der Waals surface area (Å²) >= 11 is 6.24. The van der Waals surface area contributed by atoms with Gasteiger partial charge in [-0.05, 0) is 36.5 Å². The van der Waals surface area contributed by atoms with Crippen molar-refractivity contribution in [2.45, 2.75) is 45.1 Å². The lowest BCUT2D eigenvalue weighted by molar-refractivity contribution is 0.538. The van der Waals surface area contributed by atoms with Gasteiger partial charge in [-0.2, -0.15) is 0 Å². The quantitative estimate of drug-likeness (QED) is 0.511. The number of fused-ring (bicyclic) bond motifs is 1. The molecule has 0 saturated heterocycles. The van der Waals surface area contributed by atoms with Crippen molar-refractivity contribution in [3.8, 4) is 11.4 Å². The smallest absolute Gasteiger partial charge is 0.205 e. The van der Waals surface area contributed by atoms with E-state index in [1.165, 1.54) is 17.0 Å². The fraction of sp³-hybridized carbons (Fsp3) is 0.333. The second-order valence-electron chi connectivity index (χ2n) is 8.04. The first-order valence-electron chi connectivity index (χ1n) is 10.0. The monoisotopic (exact) mass is 404 g/mol. The van der Waals surface area contributed by atoms with Crippen LogP contribution in [0.5, 0.6) is 0 Å². The SMILES string of the molecule is [C-]#[N+]c1ccc(N(C)[C@@H]2CCc3nc(-c4ccc(C(C)C)cc4)[nH]c3C2)cc1Cl. The lowest BCUT2D eigenvalue weighted by atomic mass is 9.94. The Hall–Kier alpha value is -2.77. The minimum absolute atomic E-state index is 0.369. The molecule has 148 valence electrons. The van der Waals surface area contributed by atoms with E-state index < -0.39 is 0 Å². The maximum atomic E-state index is 7.16. The largest absolute Gasteiger partial charge is 0.371 e. The molecule has 1 N–H and O–H groups in total. The number of aryl methyl sites for hydroxylation is 1. The van der Waals surface area contributed by atoms with E-state index in [9.17, 15) is 0 Å². The zero-order valence-electron chi connectivity index (χ0n) is 17.0. The van der Waals surface area contributed by atoms with Crippen molar-refractivity contribution in [1.29, 1.82) is 0 Å². The number of hydrogen-bond acceptors (Lipinski definition) is 2. The first kappa shape index (κ1) is 19.5. The molecule has 1 aromatic heterocycles. The van der Waals surface area contributed by atoms with Crippen LogP contribution in [0.4, 0.5) is 11.4 Å². The van der Waals surface area contributed by atoms with Crippen LogP contribution in [0.15, 0.2) is 42.5 Å². The summed E-state index contributed by atoms with van der Waals surface area (Å²) in [5.74, 6) is 1.49. The van der Waals surface area contributed by atoms with E-state index in [2.05, 4.69) is 59.9 Å². The summed E-state index contributed by atoms with van der Waals surface area (Å²) < 4.78 is 0. The number of hydrogen-bond donors (Lipinski definition) is 1. The number of imidazole rings is 1. The third kappa shape index (κ3) is 3.88. The van der Waals surface area contributed by atoms with Crippen LogP contribution in [-0.2, 0) is 12.8 Å². The first-order valence-corrected chi connectivity index (χ1v) is 10.4. The fourth-order valence-corrected chi connectivity index (χ4v) is 4.19. The number of H-pyrrole nitrogens is 1. The summed E-state index contributed by atoms with van der Waals surface area (Å²) in [6.45, 7) is 11.6. The van der Waals surface area contributed by atoms with E-state index >= 15 is 0 Å². The van der Waals surface area contributed by atoms with E-state index in [1.54, 1.807) is 6.07 Å². The van der Waals surface area contributed by atoms with E-state index in [-0.39, 0.29) is 0 Å². The van der Waals surface area contributed by atoms with Gasteiger partial charge >= 0.3 is 0 Å². The van der Waals surface area contributed by atoms with Gasteiger partial charge in [0.05, 0.1) is 12.3 Å². The van der Waals surface area contributed by atoms with Crippen molar-refractivity contribution in [1.82, 2.24) is 9.97 Å². The molecule has 1 heterocycles. The highest BCUT2D eigenvalue weighted by Crippen LogP contribution is 2.33. The summed E-state index contributed by atoms with van der Waals surface area (Å²) in [7, 11) is 2.10. The Kier molecular flexibility index (Phi) is 5.34. The Bertz CT molecular complexity index is 1060. The summed E-state index contributed by atoms with van der Waals surface area (Å²) in [6, 6.07) is 14.7. The van der Waals surface area contributed by atoms with Gasteiger partial charge in [0.25, 0.3) is 0 Å². The summed E-state index contributed by atoms with van der Waals surface area (Å²) in [6.07, 6.45) is 2.92. The van der Waals surface area contributed by atoms with Gasteiger partial charge in [0, 0.05) is 41.5 Å². The maximum Gasteiger partial charge on any atom is 0.205 e. The van der Waals surface area contributed by atoms with Crippen molar-refractivity contribution in [3.63, 3.8) is 0 Å². The summed E-state index contributed by atoms with van der Waals surface area (Å²) in [4.78, 5) is 14.1. The van der Waals surface area contributed by atoms with Crippen LogP contribution < -0.4 is 4.90 Å². The average Bonchev–Trinajstić information content (AvgIpc) is 3.16. The molecule has 5 heteroatoms. The zero-order chi connectivity index (χ0) is 20.5. The van der Waals surface area contributed by atoms with E-state index in [0.29, 0.717) is 22.7 Å². The van der Waals surface area contributed by atoms with Gasteiger partial charge in [-0.15, -0.1) is 0 Å². The van der Waals surface area contributed by atoms with Crippen LogP contribution in [0.25, 0.3) is 16.2 Å². The molecule has 1 aliphatic rings. The van der Waals surface area contributed by atoms with Gasteiger partial charge < -0.3 is 9.88 Å². The summed E-state index contributed by atoms with van der Waals surface area (Å²) in [5.41, 5.74) is 6.42. The fourth-order valence-electron chi connectivity index (χ4n) is 3.97. The normalized spacial score (nSPS) is 15.8. The molecule has 4 nitrogen and oxygen atoms in total. The van der Waals surface area contributed by atoms with Crippen molar-refractivity contribution in [3.05, 3.63) is 75.9 Å². The third-order valence-corrected chi connectivity index (χ3v) is 6.18. The van der Waals surface area contributed by atoms with Gasteiger partial charge in [0.1, 0.15) is 5.82 Å². The van der Waals surface area contributed by atoms with Gasteiger partial charge in [-0.1, -0.05) is 55.8 Å². The van der Waals surface area contributed by atoms with Crippen LogP contribution in [0.1, 0.15) is 43.1 Å². The second kappa shape index (κ2) is 7.93. The van der Waals surface area contributed by atoms with E-state index in [1.807, 2.05) is 12.1 Å². The number of rotatable bonds is 4. The Balaban J connectivity index is 1.53. The maximum absolute atomic E-state index is 7.16. The predicted molar refractivity (Wildman–Crippen MR) is 120 cm³/mol. The molecular weight excluding hydrogens is 380 g/mol. The van der Waals surface area contributed by atoms with Gasteiger partial charge in [-0.25, -0.2) is 9.83 Å².